The molecule has 0 aliphatic heterocycles. The Hall–Kier alpha value is -3.13. The summed E-state index contributed by atoms with van der Waals surface area (Å²) in [5.74, 6) is -1.21. The van der Waals surface area contributed by atoms with E-state index >= 15 is 0 Å². The average Bonchev–Trinajstić information content (AvgIpc) is 2.82. The number of hydrogen-bond donors (Lipinski definition) is 1. The topological polar surface area (TPSA) is 107 Å². The molecule has 8 nitrogen and oxygen atoms in total. The number of nitro benzene ring substituents is 1. The monoisotopic (exact) mass is 347 g/mol. The second-order valence-corrected chi connectivity index (χ2v) is 5.36. The Morgan fingerprint density at radius 1 is 1.29 bits per heavy atom. The summed E-state index contributed by atoms with van der Waals surface area (Å²) in [6.45, 7) is -0.295. The van der Waals surface area contributed by atoms with Crippen molar-refractivity contribution >= 4 is 40.0 Å². The van der Waals surface area contributed by atoms with Crippen LogP contribution < -0.4 is 11.1 Å². The fourth-order valence-electron chi connectivity index (χ4n) is 2.23. The largest absolute Gasteiger partial charge is 0.420 e. The molecule has 1 aromatic heterocycles. The third-order valence-electron chi connectivity index (χ3n) is 3.27. The van der Waals surface area contributed by atoms with Crippen LogP contribution in [0.4, 0.5) is 11.4 Å². The number of halogens is 1. The first-order valence-corrected chi connectivity index (χ1v) is 7.15. The van der Waals surface area contributed by atoms with E-state index in [-0.39, 0.29) is 23.5 Å². The first kappa shape index (κ1) is 15.8. The van der Waals surface area contributed by atoms with Crippen molar-refractivity contribution in [1.82, 2.24) is 4.57 Å². The molecule has 0 saturated carbocycles. The maximum Gasteiger partial charge on any atom is 0.420 e. The third-order valence-corrected chi connectivity index (χ3v) is 3.51. The summed E-state index contributed by atoms with van der Waals surface area (Å²) < 4.78 is 6.19. The average molecular weight is 348 g/mol. The number of amides is 1. The second kappa shape index (κ2) is 6.17. The zero-order valence-electron chi connectivity index (χ0n) is 12.1. The molecule has 0 unspecified atom stereocenters. The van der Waals surface area contributed by atoms with Crippen LogP contribution in [-0.2, 0) is 11.3 Å². The Morgan fingerprint density at radius 3 is 2.83 bits per heavy atom. The highest BCUT2D eigenvalue weighted by atomic mass is 35.5. The van der Waals surface area contributed by atoms with Gasteiger partial charge in [-0.1, -0.05) is 17.7 Å². The second-order valence-electron chi connectivity index (χ2n) is 4.92. The van der Waals surface area contributed by atoms with Crippen molar-refractivity contribution in [3.8, 4) is 0 Å². The van der Waals surface area contributed by atoms with Crippen molar-refractivity contribution in [2.24, 2.45) is 0 Å². The van der Waals surface area contributed by atoms with Crippen molar-refractivity contribution in [1.29, 1.82) is 0 Å². The Balaban J connectivity index is 1.83. The van der Waals surface area contributed by atoms with E-state index < -0.39 is 16.6 Å². The molecular weight excluding hydrogens is 338 g/mol. The van der Waals surface area contributed by atoms with E-state index in [0.29, 0.717) is 10.5 Å². The molecule has 0 atom stereocenters. The first-order chi connectivity index (χ1) is 11.4. The molecule has 122 valence electrons. The minimum absolute atomic E-state index is 0.145. The van der Waals surface area contributed by atoms with Gasteiger partial charge in [0, 0.05) is 28.9 Å². The molecule has 0 radical (unpaired) electrons. The minimum Gasteiger partial charge on any atom is -0.408 e. The lowest BCUT2D eigenvalue weighted by atomic mass is 10.3. The van der Waals surface area contributed by atoms with Crippen LogP contribution in [-0.4, -0.2) is 15.4 Å². The van der Waals surface area contributed by atoms with Gasteiger partial charge in [-0.3, -0.25) is 19.5 Å². The SMILES string of the molecule is O=C(Cn1c(=O)oc2cc(Cl)ccc21)Nc1cccc([N+](=O)[O-])c1. The van der Waals surface area contributed by atoms with Gasteiger partial charge in [-0.2, -0.15) is 0 Å². The van der Waals surface area contributed by atoms with Crippen molar-refractivity contribution in [3.63, 3.8) is 0 Å². The van der Waals surface area contributed by atoms with Crippen LogP contribution >= 0.6 is 11.6 Å². The zero-order valence-corrected chi connectivity index (χ0v) is 12.8. The molecule has 0 fully saturated rings. The molecule has 1 amide bonds. The Kier molecular flexibility index (Phi) is 4.05. The van der Waals surface area contributed by atoms with E-state index in [4.69, 9.17) is 16.0 Å². The number of nitrogens with one attached hydrogen (secondary N) is 1. The van der Waals surface area contributed by atoms with E-state index in [9.17, 15) is 19.7 Å². The van der Waals surface area contributed by atoms with Gasteiger partial charge in [0.25, 0.3) is 5.69 Å². The van der Waals surface area contributed by atoms with Gasteiger partial charge in [-0.15, -0.1) is 0 Å². The van der Waals surface area contributed by atoms with Crippen molar-refractivity contribution in [3.05, 3.63) is 68.2 Å². The quantitative estimate of drug-likeness (QED) is 0.576. The van der Waals surface area contributed by atoms with Crippen molar-refractivity contribution < 1.29 is 14.1 Å². The molecule has 24 heavy (non-hydrogen) atoms. The first-order valence-electron chi connectivity index (χ1n) is 6.77. The Bertz CT molecular complexity index is 1010. The number of nitro groups is 1. The number of non-ortho nitro benzene ring substituents is 1. The van der Waals surface area contributed by atoms with Gasteiger partial charge in [0.15, 0.2) is 5.58 Å². The van der Waals surface area contributed by atoms with Gasteiger partial charge in [0.1, 0.15) is 6.54 Å². The molecule has 0 spiro atoms. The Labute approximate surface area is 139 Å². The van der Waals surface area contributed by atoms with Gasteiger partial charge < -0.3 is 9.73 Å². The highest BCUT2D eigenvalue weighted by molar-refractivity contribution is 6.31. The normalized spacial score (nSPS) is 10.7. The molecule has 3 aromatic rings. The molecule has 3 rings (SSSR count). The minimum atomic E-state index is -0.693. The Morgan fingerprint density at radius 2 is 2.08 bits per heavy atom. The summed E-state index contributed by atoms with van der Waals surface area (Å²) in [5.41, 5.74) is 0.820. The van der Waals surface area contributed by atoms with Crippen LogP contribution in [0.5, 0.6) is 0 Å². The molecule has 0 saturated heterocycles. The predicted octanol–water partition coefficient (Wildman–Crippen LogP) is 2.79. The summed E-state index contributed by atoms with van der Waals surface area (Å²) in [5, 5.41) is 13.7. The summed E-state index contributed by atoms with van der Waals surface area (Å²) >= 11 is 5.83. The van der Waals surface area contributed by atoms with Crippen LogP contribution in [0, 0.1) is 10.1 Å². The van der Waals surface area contributed by atoms with Gasteiger partial charge in [0.2, 0.25) is 5.91 Å². The lowest BCUT2D eigenvalue weighted by Gasteiger charge is -2.05. The molecule has 9 heteroatoms. The molecule has 0 aliphatic carbocycles. The van der Waals surface area contributed by atoms with Gasteiger partial charge in [-0.05, 0) is 18.2 Å². The van der Waals surface area contributed by atoms with Crippen molar-refractivity contribution in [2.75, 3.05) is 5.32 Å². The molecule has 0 aliphatic rings. The van der Waals surface area contributed by atoms with Crippen LogP contribution in [0.2, 0.25) is 5.02 Å². The van der Waals surface area contributed by atoms with E-state index in [1.54, 1.807) is 12.1 Å². The van der Waals surface area contributed by atoms with E-state index in [2.05, 4.69) is 5.32 Å². The number of oxazole rings is 1. The fraction of sp³-hybridized carbons (Fsp3) is 0.0667. The fourth-order valence-corrected chi connectivity index (χ4v) is 2.39. The lowest BCUT2D eigenvalue weighted by Crippen LogP contribution is -2.24. The van der Waals surface area contributed by atoms with Crippen LogP contribution in [0.3, 0.4) is 0 Å². The van der Waals surface area contributed by atoms with Crippen LogP contribution in [0.25, 0.3) is 11.1 Å². The smallest absolute Gasteiger partial charge is 0.408 e. The number of carbonyl (C=O) groups is 1. The number of fused-ring (bicyclic) bond motifs is 1. The maximum atomic E-state index is 12.1. The number of benzene rings is 2. The lowest BCUT2D eigenvalue weighted by molar-refractivity contribution is -0.384. The van der Waals surface area contributed by atoms with E-state index in [1.807, 2.05) is 0 Å². The molecule has 2 aromatic carbocycles. The van der Waals surface area contributed by atoms with Crippen LogP contribution in [0.15, 0.2) is 51.7 Å². The molecule has 0 bridgehead atoms. The molecule has 1 N–H and O–H groups in total. The summed E-state index contributed by atoms with van der Waals surface area (Å²) in [4.78, 5) is 34.2. The number of carbonyl (C=O) groups excluding carboxylic acids is 1. The van der Waals surface area contributed by atoms with Crippen LogP contribution in [0.1, 0.15) is 0 Å². The number of rotatable bonds is 4. The van der Waals surface area contributed by atoms with E-state index in [0.717, 1.165) is 4.57 Å². The number of anilines is 1. The standard InChI is InChI=1S/C15H10ClN3O5/c16-9-4-5-12-13(6-9)24-15(21)18(12)8-14(20)17-10-2-1-3-11(7-10)19(22)23/h1-7H,8H2,(H,17,20). The molecule has 1 heterocycles. The predicted molar refractivity (Wildman–Crippen MR) is 87.2 cm³/mol. The highest BCUT2D eigenvalue weighted by Gasteiger charge is 2.14. The van der Waals surface area contributed by atoms with Crippen molar-refractivity contribution in [2.45, 2.75) is 6.54 Å². The van der Waals surface area contributed by atoms with Gasteiger partial charge in [0.05, 0.1) is 10.4 Å². The number of nitrogens with zero attached hydrogens (tertiary/aromatic N) is 2. The maximum absolute atomic E-state index is 12.1. The summed E-state index contributed by atoms with van der Waals surface area (Å²) in [7, 11) is 0. The molecular formula is C15H10ClN3O5. The third kappa shape index (κ3) is 3.13. The highest BCUT2D eigenvalue weighted by Crippen LogP contribution is 2.19. The van der Waals surface area contributed by atoms with Gasteiger partial charge >= 0.3 is 5.76 Å². The van der Waals surface area contributed by atoms with E-state index in [1.165, 1.54) is 30.3 Å². The summed E-state index contributed by atoms with van der Waals surface area (Å²) in [6.07, 6.45) is 0. The zero-order chi connectivity index (χ0) is 17.3. The number of aromatic nitrogens is 1. The van der Waals surface area contributed by atoms with Gasteiger partial charge in [-0.25, -0.2) is 4.79 Å². The summed E-state index contributed by atoms with van der Waals surface area (Å²) in [6, 6.07) is 10.1. The number of hydrogen-bond acceptors (Lipinski definition) is 5.